The second-order valence-corrected chi connectivity index (χ2v) is 6.14. The molecule has 116 valence electrons. The number of sulfonamides is 1. The third kappa shape index (κ3) is 4.01. The van der Waals surface area contributed by atoms with E-state index in [2.05, 4.69) is 19.8 Å². The van der Waals surface area contributed by atoms with Crippen LogP contribution in [0, 0.1) is 0 Å². The van der Waals surface area contributed by atoms with E-state index in [1.807, 2.05) is 30.3 Å². The van der Waals surface area contributed by atoms with Gasteiger partial charge in [0.05, 0.1) is 5.41 Å². The molecule has 0 spiro atoms. The highest BCUT2D eigenvalue weighted by Crippen LogP contribution is 2.11. The van der Waals surface area contributed by atoms with Gasteiger partial charge in [0.1, 0.15) is 12.1 Å². The van der Waals surface area contributed by atoms with Crippen LogP contribution in [0.25, 0.3) is 11.9 Å². The molecule has 0 fully saturated rings. The van der Waals surface area contributed by atoms with Gasteiger partial charge in [-0.05, 0) is 17.7 Å². The van der Waals surface area contributed by atoms with Crippen molar-refractivity contribution in [2.45, 2.75) is 0 Å². The van der Waals surface area contributed by atoms with Crippen molar-refractivity contribution in [3.05, 3.63) is 72.2 Å². The topological polar surface area (TPSA) is 89.8 Å². The van der Waals surface area contributed by atoms with Gasteiger partial charge in [0.25, 0.3) is 10.0 Å². The normalized spacial score (nSPS) is 11.7. The van der Waals surface area contributed by atoms with Crippen LogP contribution in [-0.2, 0) is 10.0 Å². The molecule has 0 unspecified atom stereocenters. The van der Waals surface area contributed by atoms with Crippen LogP contribution < -0.4 is 4.72 Å². The molecular weight excluding hydrogens is 314 g/mol. The van der Waals surface area contributed by atoms with Crippen molar-refractivity contribution in [1.29, 1.82) is 0 Å². The van der Waals surface area contributed by atoms with Gasteiger partial charge in [-0.1, -0.05) is 30.3 Å². The van der Waals surface area contributed by atoms with Crippen molar-refractivity contribution in [3.63, 3.8) is 0 Å². The molecule has 0 amide bonds. The molecule has 2 heterocycles. The zero-order valence-electron chi connectivity index (χ0n) is 11.9. The van der Waals surface area contributed by atoms with Crippen LogP contribution in [0.5, 0.6) is 0 Å². The van der Waals surface area contributed by atoms with E-state index in [0.717, 1.165) is 11.0 Å². The first kappa shape index (κ1) is 14.9. The molecule has 3 rings (SSSR count). The number of benzene rings is 1. The van der Waals surface area contributed by atoms with Gasteiger partial charge in [0.2, 0.25) is 0 Å². The minimum absolute atomic E-state index is 0.170. The maximum absolute atomic E-state index is 12.1. The quantitative estimate of drug-likeness (QED) is 0.775. The summed E-state index contributed by atoms with van der Waals surface area (Å²) >= 11 is 0. The predicted molar refractivity (Wildman–Crippen MR) is 87.2 cm³/mol. The average molecular weight is 327 g/mol. The fraction of sp³-hybridized carbons (Fsp3) is 0. The molecule has 0 radical (unpaired) electrons. The van der Waals surface area contributed by atoms with Crippen LogP contribution in [0.4, 0.5) is 5.82 Å². The lowest BCUT2D eigenvalue weighted by atomic mass is 10.2. The van der Waals surface area contributed by atoms with Crippen molar-refractivity contribution >= 4 is 21.9 Å². The van der Waals surface area contributed by atoms with E-state index >= 15 is 0 Å². The fourth-order valence-electron chi connectivity index (χ4n) is 1.84. The summed E-state index contributed by atoms with van der Waals surface area (Å²) in [5.41, 5.74) is 0.790. The number of nitrogens with zero attached hydrogens (tertiary/aromatic N) is 4. The Morgan fingerprint density at radius 2 is 1.91 bits per heavy atom. The van der Waals surface area contributed by atoms with Crippen LogP contribution in [0.3, 0.4) is 0 Å². The van der Waals surface area contributed by atoms with Gasteiger partial charge in [-0.25, -0.2) is 23.1 Å². The lowest BCUT2D eigenvalue weighted by Gasteiger charge is -2.05. The van der Waals surface area contributed by atoms with Gasteiger partial charge >= 0.3 is 0 Å². The monoisotopic (exact) mass is 327 g/mol. The molecule has 0 saturated carbocycles. The van der Waals surface area contributed by atoms with Gasteiger partial charge < -0.3 is 0 Å². The molecule has 8 heteroatoms. The molecule has 0 aliphatic rings. The summed E-state index contributed by atoms with van der Waals surface area (Å²) in [6, 6.07) is 12.4. The van der Waals surface area contributed by atoms with Crippen molar-refractivity contribution in [2.75, 3.05) is 4.72 Å². The van der Waals surface area contributed by atoms with Crippen LogP contribution in [0.1, 0.15) is 5.56 Å². The summed E-state index contributed by atoms with van der Waals surface area (Å²) in [4.78, 5) is 7.96. The standard InChI is InChI=1S/C15H13N5O2S/c21-23(22,10-7-13-5-2-1-3-6-13)19-14-11-15(17-12-16-14)20-9-4-8-18-20/h1-12H,(H,16,17,19)/b10-7+. The molecule has 0 bridgehead atoms. The van der Waals surface area contributed by atoms with Crippen LogP contribution in [-0.4, -0.2) is 28.2 Å². The van der Waals surface area contributed by atoms with Crippen LogP contribution >= 0.6 is 0 Å². The Kier molecular flexibility index (Phi) is 4.15. The second-order valence-electron chi connectivity index (χ2n) is 4.57. The number of nitrogens with one attached hydrogen (secondary N) is 1. The van der Waals surface area contributed by atoms with Crippen molar-refractivity contribution in [3.8, 4) is 5.82 Å². The number of aromatic nitrogens is 4. The highest BCUT2D eigenvalue weighted by atomic mass is 32.2. The Labute approximate surface area is 133 Å². The molecule has 0 aliphatic heterocycles. The van der Waals surface area contributed by atoms with E-state index in [1.165, 1.54) is 23.2 Å². The number of rotatable bonds is 5. The van der Waals surface area contributed by atoms with Crippen LogP contribution in [0.15, 0.2) is 66.6 Å². The van der Waals surface area contributed by atoms with Gasteiger partial charge in [0, 0.05) is 18.5 Å². The van der Waals surface area contributed by atoms with Gasteiger partial charge in [-0.2, -0.15) is 5.10 Å². The number of hydrogen-bond acceptors (Lipinski definition) is 5. The van der Waals surface area contributed by atoms with E-state index in [1.54, 1.807) is 18.5 Å². The number of hydrogen-bond donors (Lipinski definition) is 1. The third-order valence-electron chi connectivity index (χ3n) is 2.88. The van der Waals surface area contributed by atoms with E-state index in [9.17, 15) is 8.42 Å². The molecule has 2 aromatic heterocycles. The minimum Gasteiger partial charge on any atom is -0.264 e. The summed E-state index contributed by atoms with van der Waals surface area (Å²) < 4.78 is 28.1. The minimum atomic E-state index is -3.67. The van der Waals surface area contributed by atoms with Crippen LogP contribution in [0.2, 0.25) is 0 Å². The van der Waals surface area contributed by atoms with Crippen molar-refractivity contribution in [2.24, 2.45) is 0 Å². The smallest absolute Gasteiger partial charge is 0.256 e. The first-order valence-corrected chi connectivity index (χ1v) is 8.25. The summed E-state index contributed by atoms with van der Waals surface area (Å²) in [7, 11) is -3.67. The highest BCUT2D eigenvalue weighted by molar-refractivity contribution is 7.95. The second kappa shape index (κ2) is 6.41. The predicted octanol–water partition coefficient (Wildman–Crippen LogP) is 2.07. The van der Waals surface area contributed by atoms with Gasteiger partial charge in [0.15, 0.2) is 5.82 Å². The lowest BCUT2D eigenvalue weighted by Crippen LogP contribution is -2.11. The first-order chi connectivity index (χ1) is 11.1. The molecule has 3 aromatic rings. The third-order valence-corrected chi connectivity index (χ3v) is 3.87. The zero-order valence-corrected chi connectivity index (χ0v) is 12.8. The molecule has 1 aromatic carbocycles. The Hall–Kier alpha value is -3.00. The summed E-state index contributed by atoms with van der Waals surface area (Å²) in [5.74, 6) is 0.637. The molecular formula is C15H13N5O2S. The van der Waals surface area contributed by atoms with E-state index in [0.29, 0.717) is 5.82 Å². The molecule has 7 nitrogen and oxygen atoms in total. The first-order valence-electron chi connectivity index (χ1n) is 6.70. The maximum Gasteiger partial charge on any atom is 0.256 e. The zero-order chi connectivity index (χ0) is 16.1. The summed E-state index contributed by atoms with van der Waals surface area (Å²) in [6.45, 7) is 0. The van der Waals surface area contributed by atoms with E-state index in [4.69, 9.17) is 0 Å². The summed E-state index contributed by atoms with van der Waals surface area (Å²) in [6.07, 6.45) is 6.10. The Bertz CT molecular complexity index is 906. The molecule has 23 heavy (non-hydrogen) atoms. The molecule has 0 aliphatic carbocycles. The van der Waals surface area contributed by atoms with Crippen molar-refractivity contribution in [1.82, 2.24) is 19.7 Å². The van der Waals surface area contributed by atoms with Gasteiger partial charge in [-0.15, -0.1) is 0 Å². The average Bonchev–Trinajstić information content (AvgIpc) is 3.08. The SMILES string of the molecule is O=S(=O)(/C=C/c1ccccc1)Nc1cc(-n2cccn2)ncn1. The van der Waals surface area contributed by atoms with Gasteiger partial charge in [-0.3, -0.25) is 4.72 Å². The Morgan fingerprint density at radius 1 is 1.09 bits per heavy atom. The molecule has 1 N–H and O–H groups in total. The lowest BCUT2D eigenvalue weighted by molar-refractivity contribution is 0.609. The molecule has 0 atom stereocenters. The van der Waals surface area contributed by atoms with E-state index in [-0.39, 0.29) is 5.82 Å². The summed E-state index contributed by atoms with van der Waals surface area (Å²) in [5, 5.41) is 5.13. The number of anilines is 1. The fourth-order valence-corrected chi connectivity index (χ4v) is 2.65. The van der Waals surface area contributed by atoms with Crippen molar-refractivity contribution < 1.29 is 8.42 Å². The molecule has 0 saturated heterocycles. The van der Waals surface area contributed by atoms with E-state index < -0.39 is 10.0 Å². The highest BCUT2D eigenvalue weighted by Gasteiger charge is 2.08. The maximum atomic E-state index is 12.1. The largest absolute Gasteiger partial charge is 0.264 e. The Morgan fingerprint density at radius 3 is 2.65 bits per heavy atom. The Balaban J connectivity index is 1.78.